The van der Waals surface area contributed by atoms with Crippen LogP contribution in [0.3, 0.4) is 0 Å². The van der Waals surface area contributed by atoms with Crippen LogP contribution in [-0.2, 0) is 11.2 Å². The quantitative estimate of drug-likeness (QED) is 0.873. The second-order valence-corrected chi connectivity index (χ2v) is 3.80. The van der Waals surface area contributed by atoms with E-state index < -0.39 is 5.97 Å². The topological polar surface area (TPSA) is 50.2 Å². The van der Waals surface area contributed by atoms with Gasteiger partial charge < -0.3 is 5.11 Å². The molecule has 0 bridgehead atoms. The van der Waals surface area contributed by atoms with Gasteiger partial charge in [0.2, 0.25) is 0 Å². The SMILES string of the molecule is O=C(O)CCc1cc(-c2ccccc2)ccn1. The first kappa shape index (κ1) is 11.3. The van der Waals surface area contributed by atoms with Gasteiger partial charge in [0.05, 0.1) is 6.42 Å². The number of carboxylic acid groups (broad SMARTS) is 1. The van der Waals surface area contributed by atoms with E-state index in [-0.39, 0.29) is 6.42 Å². The Hall–Kier alpha value is -2.16. The van der Waals surface area contributed by atoms with Crippen molar-refractivity contribution in [3.63, 3.8) is 0 Å². The first-order valence-electron chi connectivity index (χ1n) is 5.48. The van der Waals surface area contributed by atoms with Crippen molar-refractivity contribution in [3.05, 3.63) is 54.4 Å². The number of aryl methyl sites for hydroxylation is 1. The van der Waals surface area contributed by atoms with Crippen molar-refractivity contribution >= 4 is 5.97 Å². The van der Waals surface area contributed by atoms with Crippen LogP contribution in [-0.4, -0.2) is 16.1 Å². The summed E-state index contributed by atoms with van der Waals surface area (Å²) in [6.07, 6.45) is 2.31. The largest absolute Gasteiger partial charge is 0.481 e. The summed E-state index contributed by atoms with van der Waals surface area (Å²) in [5, 5.41) is 8.63. The first-order valence-corrected chi connectivity index (χ1v) is 5.48. The van der Waals surface area contributed by atoms with Crippen molar-refractivity contribution < 1.29 is 9.90 Å². The summed E-state index contributed by atoms with van der Waals surface area (Å²) in [4.78, 5) is 14.7. The van der Waals surface area contributed by atoms with E-state index in [2.05, 4.69) is 4.98 Å². The molecule has 86 valence electrons. The highest BCUT2D eigenvalue weighted by Gasteiger charge is 2.02. The minimum atomic E-state index is -0.795. The van der Waals surface area contributed by atoms with Gasteiger partial charge in [0.25, 0.3) is 0 Å². The van der Waals surface area contributed by atoms with E-state index >= 15 is 0 Å². The summed E-state index contributed by atoms with van der Waals surface area (Å²) in [6.45, 7) is 0. The third-order valence-electron chi connectivity index (χ3n) is 2.52. The molecule has 0 saturated carbocycles. The number of aromatic nitrogens is 1. The molecule has 2 rings (SSSR count). The molecule has 1 heterocycles. The third-order valence-corrected chi connectivity index (χ3v) is 2.52. The number of hydrogen-bond acceptors (Lipinski definition) is 2. The molecule has 17 heavy (non-hydrogen) atoms. The molecule has 0 atom stereocenters. The van der Waals surface area contributed by atoms with Crippen molar-refractivity contribution in [2.75, 3.05) is 0 Å². The van der Waals surface area contributed by atoms with Crippen LogP contribution in [0.2, 0.25) is 0 Å². The van der Waals surface area contributed by atoms with E-state index in [1.165, 1.54) is 0 Å². The summed E-state index contributed by atoms with van der Waals surface area (Å²) in [5.41, 5.74) is 3.00. The smallest absolute Gasteiger partial charge is 0.303 e. The number of pyridine rings is 1. The highest BCUT2D eigenvalue weighted by atomic mass is 16.4. The molecule has 1 aromatic carbocycles. The lowest BCUT2D eigenvalue weighted by molar-refractivity contribution is -0.136. The number of carboxylic acids is 1. The van der Waals surface area contributed by atoms with Gasteiger partial charge in [-0.2, -0.15) is 0 Å². The average molecular weight is 227 g/mol. The summed E-state index contributed by atoms with van der Waals surface area (Å²) in [6, 6.07) is 13.8. The molecule has 3 heteroatoms. The monoisotopic (exact) mass is 227 g/mol. The summed E-state index contributed by atoms with van der Waals surface area (Å²) in [7, 11) is 0. The fourth-order valence-corrected chi connectivity index (χ4v) is 1.66. The summed E-state index contributed by atoms with van der Waals surface area (Å²) < 4.78 is 0. The van der Waals surface area contributed by atoms with Gasteiger partial charge in [-0.25, -0.2) is 0 Å². The molecule has 0 radical (unpaired) electrons. The molecule has 0 unspecified atom stereocenters. The van der Waals surface area contributed by atoms with E-state index in [4.69, 9.17) is 5.11 Å². The molecule has 0 amide bonds. The standard InChI is InChI=1S/C14H13NO2/c16-14(17)7-6-13-10-12(8-9-15-13)11-4-2-1-3-5-11/h1-5,8-10H,6-7H2,(H,16,17). The highest BCUT2D eigenvalue weighted by Crippen LogP contribution is 2.19. The zero-order valence-corrected chi connectivity index (χ0v) is 9.34. The van der Waals surface area contributed by atoms with Crippen molar-refractivity contribution in [1.29, 1.82) is 0 Å². The van der Waals surface area contributed by atoms with Crippen molar-refractivity contribution in [1.82, 2.24) is 4.98 Å². The van der Waals surface area contributed by atoms with Crippen molar-refractivity contribution in [2.24, 2.45) is 0 Å². The van der Waals surface area contributed by atoms with E-state index in [0.29, 0.717) is 6.42 Å². The predicted octanol–water partition coefficient (Wildman–Crippen LogP) is 2.77. The molecule has 0 aliphatic heterocycles. The van der Waals surface area contributed by atoms with Crippen LogP contribution < -0.4 is 0 Å². The second kappa shape index (κ2) is 5.25. The molecular formula is C14H13NO2. The van der Waals surface area contributed by atoms with Gasteiger partial charge >= 0.3 is 5.97 Å². The van der Waals surface area contributed by atoms with Crippen LogP contribution in [0.15, 0.2) is 48.7 Å². The molecule has 1 N–H and O–H groups in total. The van der Waals surface area contributed by atoms with E-state index in [0.717, 1.165) is 16.8 Å². The normalized spacial score (nSPS) is 10.1. The Kier molecular flexibility index (Phi) is 3.50. The Labute approximate surface area is 99.8 Å². The Bertz CT molecular complexity index is 509. The number of nitrogens with zero attached hydrogens (tertiary/aromatic N) is 1. The van der Waals surface area contributed by atoms with Gasteiger partial charge in [-0.3, -0.25) is 9.78 Å². The van der Waals surface area contributed by atoms with Crippen molar-refractivity contribution in [3.8, 4) is 11.1 Å². The molecule has 0 aliphatic carbocycles. The van der Waals surface area contributed by atoms with E-state index in [1.54, 1.807) is 6.20 Å². The minimum Gasteiger partial charge on any atom is -0.481 e. The Morgan fingerprint density at radius 3 is 2.59 bits per heavy atom. The summed E-state index contributed by atoms with van der Waals surface area (Å²) in [5.74, 6) is -0.795. The van der Waals surface area contributed by atoms with Crippen LogP contribution in [0.5, 0.6) is 0 Å². The highest BCUT2D eigenvalue weighted by molar-refractivity contribution is 5.67. The zero-order valence-electron chi connectivity index (χ0n) is 9.34. The molecule has 0 aliphatic rings. The molecule has 0 fully saturated rings. The lowest BCUT2D eigenvalue weighted by Gasteiger charge is -2.03. The maximum Gasteiger partial charge on any atom is 0.303 e. The Morgan fingerprint density at radius 2 is 1.88 bits per heavy atom. The number of benzene rings is 1. The van der Waals surface area contributed by atoms with Crippen LogP contribution in [0.25, 0.3) is 11.1 Å². The Balaban J connectivity index is 2.20. The average Bonchev–Trinajstić information content (AvgIpc) is 2.38. The fraction of sp³-hybridized carbons (Fsp3) is 0.143. The maximum atomic E-state index is 10.5. The molecule has 0 saturated heterocycles. The van der Waals surface area contributed by atoms with Gasteiger partial charge in [-0.05, 0) is 23.3 Å². The van der Waals surface area contributed by atoms with Crippen LogP contribution in [0.1, 0.15) is 12.1 Å². The van der Waals surface area contributed by atoms with E-state index in [1.807, 2.05) is 42.5 Å². The number of aliphatic carboxylic acids is 1. The number of carbonyl (C=O) groups is 1. The number of hydrogen-bond donors (Lipinski definition) is 1. The number of rotatable bonds is 4. The van der Waals surface area contributed by atoms with E-state index in [9.17, 15) is 4.79 Å². The second-order valence-electron chi connectivity index (χ2n) is 3.80. The van der Waals surface area contributed by atoms with Gasteiger partial charge in [-0.1, -0.05) is 30.3 Å². The lowest BCUT2D eigenvalue weighted by Crippen LogP contribution is -1.99. The maximum absolute atomic E-state index is 10.5. The summed E-state index contributed by atoms with van der Waals surface area (Å²) >= 11 is 0. The molecule has 1 aromatic heterocycles. The molecular weight excluding hydrogens is 214 g/mol. The minimum absolute atomic E-state index is 0.116. The molecule has 3 nitrogen and oxygen atoms in total. The van der Waals surface area contributed by atoms with Crippen LogP contribution >= 0.6 is 0 Å². The fourth-order valence-electron chi connectivity index (χ4n) is 1.66. The van der Waals surface area contributed by atoms with Crippen molar-refractivity contribution in [2.45, 2.75) is 12.8 Å². The predicted molar refractivity (Wildman–Crippen MR) is 65.6 cm³/mol. The third kappa shape index (κ3) is 3.14. The van der Waals surface area contributed by atoms with Crippen LogP contribution in [0, 0.1) is 0 Å². The van der Waals surface area contributed by atoms with Gasteiger partial charge in [-0.15, -0.1) is 0 Å². The Morgan fingerprint density at radius 1 is 1.12 bits per heavy atom. The lowest BCUT2D eigenvalue weighted by atomic mass is 10.1. The molecule has 2 aromatic rings. The van der Waals surface area contributed by atoms with Gasteiger partial charge in [0, 0.05) is 18.3 Å². The first-order chi connectivity index (χ1) is 8.25. The molecule has 0 spiro atoms. The van der Waals surface area contributed by atoms with Gasteiger partial charge in [0.1, 0.15) is 0 Å². The zero-order chi connectivity index (χ0) is 12.1. The van der Waals surface area contributed by atoms with Gasteiger partial charge in [0.15, 0.2) is 0 Å². The van der Waals surface area contributed by atoms with Crippen LogP contribution in [0.4, 0.5) is 0 Å².